The first-order valence-electron chi connectivity index (χ1n) is 6.57. The number of pyridine rings is 1. The van der Waals surface area contributed by atoms with Crippen molar-refractivity contribution >= 4 is 16.9 Å². The lowest BCUT2D eigenvalue weighted by Crippen LogP contribution is -2.01. The molecule has 0 aliphatic rings. The van der Waals surface area contributed by atoms with Gasteiger partial charge < -0.3 is 10.3 Å². The van der Waals surface area contributed by atoms with Crippen LogP contribution in [0.2, 0.25) is 0 Å². The van der Waals surface area contributed by atoms with E-state index in [1.54, 1.807) is 12.1 Å². The standard InChI is InChI=1S/C15H15FN4/c1-2-8-20-13-7-6-10(16)9-12(13)19-15(20)11-4-3-5-14(17)18-11/h3-7,9H,2,8H2,1H3,(H2,17,18). The highest BCUT2D eigenvalue weighted by molar-refractivity contribution is 5.80. The van der Waals surface area contributed by atoms with Crippen molar-refractivity contribution in [2.24, 2.45) is 0 Å². The van der Waals surface area contributed by atoms with Crippen molar-refractivity contribution in [3.05, 3.63) is 42.2 Å². The van der Waals surface area contributed by atoms with E-state index in [4.69, 9.17) is 5.73 Å². The van der Waals surface area contributed by atoms with Gasteiger partial charge in [-0.2, -0.15) is 0 Å². The Bertz CT molecular complexity index is 764. The third-order valence-electron chi connectivity index (χ3n) is 3.16. The molecule has 102 valence electrons. The predicted molar refractivity (Wildman–Crippen MR) is 77.6 cm³/mol. The van der Waals surface area contributed by atoms with Crippen molar-refractivity contribution in [2.45, 2.75) is 19.9 Å². The lowest BCUT2D eigenvalue weighted by molar-refractivity contribution is 0.629. The fourth-order valence-electron chi connectivity index (χ4n) is 2.32. The van der Waals surface area contributed by atoms with Gasteiger partial charge in [-0.3, -0.25) is 0 Å². The zero-order valence-electron chi connectivity index (χ0n) is 11.2. The number of benzene rings is 1. The quantitative estimate of drug-likeness (QED) is 0.795. The SMILES string of the molecule is CCCn1c(-c2cccc(N)n2)nc2cc(F)ccc21. The van der Waals surface area contributed by atoms with E-state index in [9.17, 15) is 4.39 Å². The molecule has 0 spiro atoms. The fourth-order valence-corrected chi connectivity index (χ4v) is 2.32. The number of hydrogen-bond acceptors (Lipinski definition) is 3. The molecule has 0 aliphatic carbocycles. The van der Waals surface area contributed by atoms with E-state index in [0.29, 0.717) is 17.0 Å². The Morgan fingerprint density at radius 1 is 1.20 bits per heavy atom. The maximum Gasteiger partial charge on any atom is 0.159 e. The molecule has 0 amide bonds. The Balaban J connectivity index is 2.25. The molecule has 2 aromatic heterocycles. The molecule has 3 aromatic rings. The lowest BCUT2D eigenvalue weighted by Gasteiger charge is -2.07. The molecule has 0 fully saturated rings. The van der Waals surface area contributed by atoms with Crippen LogP contribution in [0.15, 0.2) is 36.4 Å². The molecule has 3 rings (SSSR count). The van der Waals surface area contributed by atoms with Crippen LogP contribution in [0.4, 0.5) is 10.2 Å². The fraction of sp³-hybridized carbons (Fsp3) is 0.200. The van der Waals surface area contributed by atoms with Crippen LogP contribution in [-0.2, 0) is 6.54 Å². The number of aromatic nitrogens is 3. The summed E-state index contributed by atoms with van der Waals surface area (Å²) in [6.45, 7) is 2.89. The number of nitrogen functional groups attached to an aromatic ring is 1. The Morgan fingerprint density at radius 2 is 2.05 bits per heavy atom. The van der Waals surface area contributed by atoms with E-state index in [1.165, 1.54) is 12.1 Å². The average molecular weight is 270 g/mol. The third kappa shape index (κ3) is 2.11. The van der Waals surface area contributed by atoms with Gasteiger partial charge in [0.25, 0.3) is 0 Å². The molecule has 0 bridgehead atoms. The minimum Gasteiger partial charge on any atom is -0.384 e. The summed E-state index contributed by atoms with van der Waals surface area (Å²) in [6, 6.07) is 10.1. The van der Waals surface area contributed by atoms with Crippen molar-refractivity contribution in [1.82, 2.24) is 14.5 Å². The number of nitrogens with two attached hydrogens (primary N) is 1. The van der Waals surface area contributed by atoms with Crippen LogP contribution in [0.3, 0.4) is 0 Å². The molecular formula is C15H15FN4. The molecule has 2 heterocycles. The van der Waals surface area contributed by atoms with E-state index in [-0.39, 0.29) is 5.82 Å². The van der Waals surface area contributed by atoms with Crippen molar-refractivity contribution in [1.29, 1.82) is 0 Å². The first kappa shape index (κ1) is 12.6. The molecule has 4 nitrogen and oxygen atoms in total. The molecule has 0 saturated carbocycles. The number of nitrogens with zero attached hydrogens (tertiary/aromatic N) is 3. The number of imidazole rings is 1. The molecule has 0 radical (unpaired) electrons. The normalized spacial score (nSPS) is 11.1. The number of fused-ring (bicyclic) bond motifs is 1. The van der Waals surface area contributed by atoms with Gasteiger partial charge in [0.2, 0.25) is 0 Å². The van der Waals surface area contributed by atoms with Gasteiger partial charge >= 0.3 is 0 Å². The molecule has 0 saturated heterocycles. The molecule has 0 aliphatic heterocycles. The van der Waals surface area contributed by atoms with Crippen LogP contribution in [0.5, 0.6) is 0 Å². The molecule has 0 unspecified atom stereocenters. The largest absolute Gasteiger partial charge is 0.384 e. The first-order valence-corrected chi connectivity index (χ1v) is 6.57. The number of hydrogen-bond donors (Lipinski definition) is 1. The summed E-state index contributed by atoms with van der Waals surface area (Å²) < 4.78 is 15.4. The first-order chi connectivity index (χ1) is 9.69. The highest BCUT2D eigenvalue weighted by Crippen LogP contribution is 2.25. The zero-order valence-corrected chi connectivity index (χ0v) is 11.2. The van der Waals surface area contributed by atoms with Gasteiger partial charge in [-0.25, -0.2) is 14.4 Å². The van der Waals surface area contributed by atoms with Crippen LogP contribution in [0, 0.1) is 5.82 Å². The van der Waals surface area contributed by atoms with Gasteiger partial charge in [-0.15, -0.1) is 0 Å². The summed E-state index contributed by atoms with van der Waals surface area (Å²) in [5, 5.41) is 0. The molecule has 0 atom stereocenters. The average Bonchev–Trinajstić information content (AvgIpc) is 2.77. The van der Waals surface area contributed by atoms with Gasteiger partial charge in [0.05, 0.1) is 11.0 Å². The maximum absolute atomic E-state index is 13.3. The number of aryl methyl sites for hydroxylation is 1. The highest BCUT2D eigenvalue weighted by Gasteiger charge is 2.13. The summed E-state index contributed by atoms with van der Waals surface area (Å²) in [4.78, 5) is 8.81. The topological polar surface area (TPSA) is 56.7 Å². The van der Waals surface area contributed by atoms with Gasteiger partial charge in [0.1, 0.15) is 17.3 Å². The van der Waals surface area contributed by atoms with Gasteiger partial charge in [-0.1, -0.05) is 13.0 Å². The van der Waals surface area contributed by atoms with E-state index >= 15 is 0 Å². The van der Waals surface area contributed by atoms with E-state index in [0.717, 1.165) is 24.3 Å². The number of anilines is 1. The summed E-state index contributed by atoms with van der Waals surface area (Å²) in [5.74, 6) is 0.884. The van der Waals surface area contributed by atoms with Crippen LogP contribution >= 0.6 is 0 Å². The predicted octanol–water partition coefficient (Wildman–Crippen LogP) is 3.23. The molecule has 1 aromatic carbocycles. The molecular weight excluding hydrogens is 255 g/mol. The highest BCUT2D eigenvalue weighted by atomic mass is 19.1. The number of rotatable bonds is 3. The smallest absolute Gasteiger partial charge is 0.159 e. The van der Waals surface area contributed by atoms with Gasteiger partial charge in [0.15, 0.2) is 5.82 Å². The zero-order chi connectivity index (χ0) is 14.1. The monoisotopic (exact) mass is 270 g/mol. The second kappa shape index (κ2) is 4.92. The second-order valence-electron chi connectivity index (χ2n) is 4.67. The minimum absolute atomic E-state index is 0.286. The van der Waals surface area contributed by atoms with Crippen molar-refractivity contribution in [2.75, 3.05) is 5.73 Å². The molecule has 2 N–H and O–H groups in total. The maximum atomic E-state index is 13.3. The molecule has 5 heteroatoms. The third-order valence-corrected chi connectivity index (χ3v) is 3.16. The van der Waals surface area contributed by atoms with Crippen LogP contribution in [-0.4, -0.2) is 14.5 Å². The Morgan fingerprint density at radius 3 is 2.80 bits per heavy atom. The molecule has 20 heavy (non-hydrogen) atoms. The van der Waals surface area contributed by atoms with Gasteiger partial charge in [0, 0.05) is 12.6 Å². The van der Waals surface area contributed by atoms with Crippen molar-refractivity contribution < 1.29 is 4.39 Å². The second-order valence-corrected chi connectivity index (χ2v) is 4.67. The van der Waals surface area contributed by atoms with E-state index < -0.39 is 0 Å². The summed E-state index contributed by atoms with van der Waals surface area (Å²) in [5.41, 5.74) is 7.98. The Hall–Kier alpha value is -2.43. The summed E-state index contributed by atoms with van der Waals surface area (Å²) >= 11 is 0. The Labute approximate surface area is 116 Å². The van der Waals surface area contributed by atoms with E-state index in [2.05, 4.69) is 21.5 Å². The lowest BCUT2D eigenvalue weighted by atomic mass is 10.3. The Kier molecular flexibility index (Phi) is 3.10. The van der Waals surface area contributed by atoms with Crippen molar-refractivity contribution in [3.8, 4) is 11.5 Å². The minimum atomic E-state index is -0.286. The summed E-state index contributed by atoms with van der Waals surface area (Å²) in [6.07, 6.45) is 0.957. The van der Waals surface area contributed by atoms with Crippen LogP contribution in [0.25, 0.3) is 22.6 Å². The van der Waals surface area contributed by atoms with Crippen LogP contribution in [0.1, 0.15) is 13.3 Å². The van der Waals surface area contributed by atoms with Crippen LogP contribution < -0.4 is 5.73 Å². The van der Waals surface area contributed by atoms with Crippen molar-refractivity contribution in [3.63, 3.8) is 0 Å². The number of halogens is 1. The van der Waals surface area contributed by atoms with E-state index in [1.807, 2.05) is 12.1 Å². The summed E-state index contributed by atoms with van der Waals surface area (Å²) in [7, 11) is 0. The van der Waals surface area contributed by atoms with Gasteiger partial charge in [-0.05, 0) is 30.7 Å².